The van der Waals surface area contributed by atoms with Crippen LogP contribution in [0.5, 0.6) is 0 Å². The van der Waals surface area contributed by atoms with E-state index in [4.69, 9.17) is 0 Å². The molecule has 1 aromatic rings. The summed E-state index contributed by atoms with van der Waals surface area (Å²) in [5.74, 6) is 0.514. The predicted molar refractivity (Wildman–Crippen MR) is 84.2 cm³/mol. The SMILES string of the molecule is CC(=O)Nc1ccc(C(=O)N[C@@H](C)CCCC(C)C)s1. The molecule has 2 amide bonds. The zero-order chi connectivity index (χ0) is 15.1. The topological polar surface area (TPSA) is 58.2 Å². The van der Waals surface area contributed by atoms with Crippen molar-refractivity contribution in [3.8, 4) is 0 Å². The number of rotatable bonds is 7. The smallest absolute Gasteiger partial charge is 0.261 e. The summed E-state index contributed by atoms with van der Waals surface area (Å²) in [5.41, 5.74) is 0. The number of carbonyl (C=O) groups excluding carboxylic acids is 2. The van der Waals surface area contributed by atoms with Gasteiger partial charge in [0.05, 0.1) is 9.88 Å². The lowest BCUT2D eigenvalue weighted by Crippen LogP contribution is -2.31. The van der Waals surface area contributed by atoms with Gasteiger partial charge in [0.15, 0.2) is 0 Å². The van der Waals surface area contributed by atoms with E-state index in [0.717, 1.165) is 12.8 Å². The fourth-order valence-electron chi connectivity index (χ4n) is 1.90. The van der Waals surface area contributed by atoms with E-state index in [2.05, 4.69) is 24.5 Å². The maximum Gasteiger partial charge on any atom is 0.261 e. The first-order valence-electron chi connectivity index (χ1n) is 7.06. The van der Waals surface area contributed by atoms with E-state index in [1.54, 1.807) is 12.1 Å². The molecule has 0 spiro atoms. The molecule has 1 atom stereocenters. The highest BCUT2D eigenvalue weighted by molar-refractivity contribution is 7.18. The second-order valence-electron chi connectivity index (χ2n) is 5.54. The van der Waals surface area contributed by atoms with Crippen LogP contribution < -0.4 is 10.6 Å². The first-order valence-corrected chi connectivity index (χ1v) is 7.88. The van der Waals surface area contributed by atoms with Crippen LogP contribution in [0.1, 0.15) is 56.6 Å². The molecule has 0 aliphatic carbocycles. The number of nitrogens with one attached hydrogen (secondary N) is 2. The van der Waals surface area contributed by atoms with E-state index in [1.807, 2.05) is 6.92 Å². The molecule has 0 aliphatic rings. The fraction of sp³-hybridized carbons (Fsp3) is 0.600. The van der Waals surface area contributed by atoms with E-state index in [0.29, 0.717) is 15.8 Å². The normalized spacial score (nSPS) is 12.2. The van der Waals surface area contributed by atoms with Gasteiger partial charge >= 0.3 is 0 Å². The first-order chi connectivity index (χ1) is 9.38. The molecular formula is C15H24N2O2S. The summed E-state index contributed by atoms with van der Waals surface area (Å²) in [5, 5.41) is 6.38. The van der Waals surface area contributed by atoms with Gasteiger partial charge in [-0.05, 0) is 31.4 Å². The molecule has 20 heavy (non-hydrogen) atoms. The highest BCUT2D eigenvalue weighted by atomic mass is 32.1. The van der Waals surface area contributed by atoms with Crippen LogP contribution in [0.3, 0.4) is 0 Å². The highest BCUT2D eigenvalue weighted by Crippen LogP contribution is 2.22. The number of hydrogen-bond donors (Lipinski definition) is 2. The molecule has 5 heteroatoms. The Kier molecular flexibility index (Phi) is 6.71. The third kappa shape index (κ3) is 6.19. The van der Waals surface area contributed by atoms with Crippen molar-refractivity contribution in [2.24, 2.45) is 5.92 Å². The lowest BCUT2D eigenvalue weighted by atomic mass is 10.0. The van der Waals surface area contributed by atoms with Crippen LogP contribution in [0.25, 0.3) is 0 Å². The van der Waals surface area contributed by atoms with Crippen molar-refractivity contribution < 1.29 is 9.59 Å². The molecule has 112 valence electrons. The van der Waals surface area contributed by atoms with Crippen molar-refractivity contribution >= 4 is 28.2 Å². The predicted octanol–water partition coefficient (Wildman–Crippen LogP) is 3.65. The molecule has 4 nitrogen and oxygen atoms in total. The van der Waals surface area contributed by atoms with Crippen LogP contribution in [0.15, 0.2) is 12.1 Å². The third-order valence-corrected chi connectivity index (χ3v) is 3.92. The number of amides is 2. The molecule has 0 saturated heterocycles. The van der Waals surface area contributed by atoms with Crippen molar-refractivity contribution in [2.45, 2.75) is 53.0 Å². The Labute approximate surface area is 125 Å². The quantitative estimate of drug-likeness (QED) is 0.807. The van der Waals surface area contributed by atoms with Gasteiger partial charge < -0.3 is 10.6 Å². The molecule has 2 N–H and O–H groups in total. The number of carbonyl (C=O) groups is 2. The molecular weight excluding hydrogens is 272 g/mol. The second-order valence-corrected chi connectivity index (χ2v) is 6.63. The maximum absolute atomic E-state index is 12.0. The monoisotopic (exact) mass is 296 g/mol. The summed E-state index contributed by atoms with van der Waals surface area (Å²) < 4.78 is 0. The molecule has 0 fully saturated rings. The minimum absolute atomic E-state index is 0.0661. The summed E-state index contributed by atoms with van der Waals surface area (Å²) in [6.45, 7) is 7.90. The Balaban J connectivity index is 2.41. The van der Waals surface area contributed by atoms with Gasteiger partial charge in [-0.2, -0.15) is 0 Å². The van der Waals surface area contributed by atoms with Crippen molar-refractivity contribution in [3.63, 3.8) is 0 Å². The summed E-state index contributed by atoms with van der Waals surface area (Å²) in [6.07, 6.45) is 3.31. The van der Waals surface area contributed by atoms with Gasteiger partial charge in [-0.3, -0.25) is 9.59 Å². The molecule has 1 aromatic heterocycles. The van der Waals surface area contributed by atoms with Crippen LogP contribution in [0.2, 0.25) is 0 Å². The highest BCUT2D eigenvalue weighted by Gasteiger charge is 2.12. The van der Waals surface area contributed by atoms with Gasteiger partial charge in [-0.1, -0.05) is 26.7 Å². The number of hydrogen-bond acceptors (Lipinski definition) is 3. The lowest BCUT2D eigenvalue weighted by Gasteiger charge is -2.13. The third-order valence-electron chi connectivity index (χ3n) is 2.93. The average Bonchev–Trinajstić information content (AvgIpc) is 2.75. The van der Waals surface area contributed by atoms with Crippen LogP contribution in [-0.4, -0.2) is 17.9 Å². The Hall–Kier alpha value is -1.36. The van der Waals surface area contributed by atoms with E-state index in [-0.39, 0.29) is 17.9 Å². The molecule has 0 radical (unpaired) electrons. The van der Waals surface area contributed by atoms with Gasteiger partial charge in [0.25, 0.3) is 5.91 Å². The van der Waals surface area contributed by atoms with Crippen molar-refractivity contribution in [2.75, 3.05) is 5.32 Å². The summed E-state index contributed by atoms with van der Waals surface area (Å²) >= 11 is 1.30. The number of thiophene rings is 1. The largest absolute Gasteiger partial charge is 0.349 e. The molecule has 0 bridgehead atoms. The average molecular weight is 296 g/mol. The summed E-state index contributed by atoms with van der Waals surface area (Å²) in [7, 11) is 0. The van der Waals surface area contributed by atoms with Gasteiger partial charge in [0.2, 0.25) is 5.91 Å². The second kappa shape index (κ2) is 8.04. The number of anilines is 1. The minimum atomic E-state index is -0.124. The Morgan fingerprint density at radius 3 is 2.50 bits per heavy atom. The Morgan fingerprint density at radius 1 is 1.20 bits per heavy atom. The van der Waals surface area contributed by atoms with E-state index >= 15 is 0 Å². The molecule has 0 unspecified atom stereocenters. The zero-order valence-corrected chi connectivity index (χ0v) is 13.5. The maximum atomic E-state index is 12.0. The molecule has 1 rings (SSSR count). The van der Waals surface area contributed by atoms with Crippen LogP contribution in [0.4, 0.5) is 5.00 Å². The van der Waals surface area contributed by atoms with Crippen molar-refractivity contribution in [1.82, 2.24) is 5.32 Å². The Bertz CT molecular complexity index is 454. The fourth-order valence-corrected chi connectivity index (χ4v) is 2.76. The first kappa shape index (κ1) is 16.7. The van der Waals surface area contributed by atoms with Crippen molar-refractivity contribution in [1.29, 1.82) is 0 Å². The molecule has 0 saturated carbocycles. The van der Waals surface area contributed by atoms with E-state index in [9.17, 15) is 9.59 Å². The molecule has 1 heterocycles. The van der Waals surface area contributed by atoms with Crippen LogP contribution >= 0.6 is 11.3 Å². The van der Waals surface area contributed by atoms with Gasteiger partial charge in [-0.25, -0.2) is 0 Å². The van der Waals surface area contributed by atoms with E-state index in [1.165, 1.54) is 24.7 Å². The Morgan fingerprint density at radius 2 is 1.90 bits per heavy atom. The van der Waals surface area contributed by atoms with Gasteiger partial charge in [0.1, 0.15) is 0 Å². The zero-order valence-electron chi connectivity index (χ0n) is 12.7. The van der Waals surface area contributed by atoms with E-state index < -0.39 is 0 Å². The van der Waals surface area contributed by atoms with Crippen molar-refractivity contribution in [3.05, 3.63) is 17.0 Å². The summed E-state index contributed by atoms with van der Waals surface area (Å²) in [4.78, 5) is 23.6. The minimum Gasteiger partial charge on any atom is -0.349 e. The lowest BCUT2D eigenvalue weighted by molar-refractivity contribution is -0.114. The molecule has 0 aliphatic heterocycles. The van der Waals surface area contributed by atoms with Gasteiger partial charge in [0, 0.05) is 13.0 Å². The van der Waals surface area contributed by atoms with Gasteiger partial charge in [-0.15, -0.1) is 11.3 Å². The summed E-state index contributed by atoms with van der Waals surface area (Å²) in [6, 6.07) is 3.67. The van der Waals surface area contributed by atoms with Crippen LogP contribution in [-0.2, 0) is 4.79 Å². The molecule has 0 aromatic carbocycles. The standard InChI is InChI=1S/C15H24N2O2S/c1-10(2)6-5-7-11(3)16-15(19)13-8-9-14(20-13)17-12(4)18/h8-11H,5-7H2,1-4H3,(H,16,19)(H,17,18)/t11-/m0/s1. The van der Waals surface area contributed by atoms with Crippen LogP contribution in [0, 0.1) is 5.92 Å².